The number of hydrogen-bond donors (Lipinski definition) is 2. The fourth-order valence-electron chi connectivity index (χ4n) is 2.02. The molecule has 7 heteroatoms. The Morgan fingerprint density at radius 3 is 2.43 bits per heavy atom. The van der Waals surface area contributed by atoms with Crippen molar-refractivity contribution >= 4 is 44.2 Å². The van der Waals surface area contributed by atoms with Crippen LogP contribution >= 0.6 is 27.3 Å². The average molecular weight is 396 g/mol. The SMILES string of the molecule is CC(=O)NC(C(=O)Nc1nc(-c2ccc(Br)cc2)cs1)C(C)C. The topological polar surface area (TPSA) is 71.1 Å². The Kier molecular flexibility index (Phi) is 5.90. The highest BCUT2D eigenvalue weighted by atomic mass is 79.9. The number of carbonyl (C=O) groups excluding carboxylic acids is 2. The van der Waals surface area contributed by atoms with Gasteiger partial charge in [0.1, 0.15) is 6.04 Å². The summed E-state index contributed by atoms with van der Waals surface area (Å²) in [5.74, 6) is -0.495. The number of benzene rings is 1. The molecule has 2 aromatic rings. The Morgan fingerprint density at radius 2 is 1.87 bits per heavy atom. The van der Waals surface area contributed by atoms with Crippen molar-refractivity contribution in [2.75, 3.05) is 5.32 Å². The van der Waals surface area contributed by atoms with E-state index in [1.165, 1.54) is 18.3 Å². The molecule has 0 bridgehead atoms. The van der Waals surface area contributed by atoms with Crippen molar-refractivity contribution in [1.29, 1.82) is 0 Å². The van der Waals surface area contributed by atoms with Crippen molar-refractivity contribution in [2.45, 2.75) is 26.8 Å². The Morgan fingerprint density at radius 1 is 1.22 bits per heavy atom. The second-order valence-electron chi connectivity index (χ2n) is 5.46. The minimum Gasteiger partial charge on any atom is -0.344 e. The molecule has 0 saturated carbocycles. The van der Waals surface area contributed by atoms with Gasteiger partial charge in [-0.15, -0.1) is 11.3 Å². The molecule has 1 aromatic heterocycles. The maximum atomic E-state index is 12.3. The van der Waals surface area contributed by atoms with Crippen LogP contribution in [0.4, 0.5) is 5.13 Å². The fraction of sp³-hybridized carbons (Fsp3) is 0.312. The van der Waals surface area contributed by atoms with Gasteiger partial charge < -0.3 is 10.6 Å². The number of amides is 2. The minimum atomic E-state index is -0.576. The van der Waals surface area contributed by atoms with Gasteiger partial charge in [-0.3, -0.25) is 9.59 Å². The smallest absolute Gasteiger partial charge is 0.248 e. The lowest BCUT2D eigenvalue weighted by molar-refractivity contribution is -0.126. The number of aromatic nitrogens is 1. The van der Waals surface area contributed by atoms with Crippen LogP contribution in [-0.4, -0.2) is 22.8 Å². The highest BCUT2D eigenvalue weighted by Crippen LogP contribution is 2.26. The van der Waals surface area contributed by atoms with Crippen LogP contribution in [0.15, 0.2) is 34.1 Å². The van der Waals surface area contributed by atoms with E-state index in [2.05, 4.69) is 31.5 Å². The Bertz CT molecular complexity index is 698. The zero-order chi connectivity index (χ0) is 17.0. The molecule has 0 aliphatic rings. The van der Waals surface area contributed by atoms with E-state index < -0.39 is 6.04 Å². The van der Waals surface area contributed by atoms with Crippen molar-refractivity contribution in [2.24, 2.45) is 5.92 Å². The molecule has 2 rings (SSSR count). The van der Waals surface area contributed by atoms with Crippen LogP contribution in [0.1, 0.15) is 20.8 Å². The van der Waals surface area contributed by atoms with E-state index in [9.17, 15) is 9.59 Å². The number of rotatable bonds is 5. The molecular formula is C16H18BrN3O2S. The second-order valence-corrected chi connectivity index (χ2v) is 7.23. The average Bonchev–Trinajstić information content (AvgIpc) is 2.93. The van der Waals surface area contributed by atoms with E-state index in [1.54, 1.807) is 0 Å². The van der Waals surface area contributed by atoms with Gasteiger partial charge >= 0.3 is 0 Å². The molecule has 0 saturated heterocycles. The largest absolute Gasteiger partial charge is 0.344 e. The van der Waals surface area contributed by atoms with Crippen LogP contribution in [0, 0.1) is 5.92 Å². The summed E-state index contributed by atoms with van der Waals surface area (Å²) < 4.78 is 1.00. The van der Waals surface area contributed by atoms with Gasteiger partial charge in [0, 0.05) is 22.3 Å². The molecule has 0 aliphatic carbocycles. The number of nitrogens with one attached hydrogen (secondary N) is 2. The maximum absolute atomic E-state index is 12.3. The van der Waals surface area contributed by atoms with Crippen LogP contribution < -0.4 is 10.6 Å². The van der Waals surface area contributed by atoms with Gasteiger partial charge in [-0.1, -0.05) is 41.9 Å². The summed E-state index contributed by atoms with van der Waals surface area (Å²) in [7, 11) is 0. The summed E-state index contributed by atoms with van der Waals surface area (Å²) in [6.07, 6.45) is 0. The number of hydrogen-bond acceptors (Lipinski definition) is 4. The van der Waals surface area contributed by atoms with Gasteiger partial charge in [0.05, 0.1) is 5.69 Å². The van der Waals surface area contributed by atoms with E-state index in [0.29, 0.717) is 5.13 Å². The fourth-order valence-corrected chi connectivity index (χ4v) is 3.01. The molecule has 122 valence electrons. The van der Waals surface area contributed by atoms with Gasteiger partial charge in [0.15, 0.2) is 5.13 Å². The molecule has 2 N–H and O–H groups in total. The second kappa shape index (κ2) is 7.70. The number of nitrogens with zero attached hydrogens (tertiary/aromatic N) is 1. The zero-order valence-corrected chi connectivity index (χ0v) is 15.5. The van der Waals surface area contributed by atoms with Gasteiger partial charge in [-0.05, 0) is 18.1 Å². The maximum Gasteiger partial charge on any atom is 0.248 e. The molecule has 1 heterocycles. The van der Waals surface area contributed by atoms with Gasteiger partial charge in [0.2, 0.25) is 11.8 Å². The summed E-state index contributed by atoms with van der Waals surface area (Å²) in [6, 6.07) is 7.22. The highest BCUT2D eigenvalue weighted by molar-refractivity contribution is 9.10. The predicted octanol–water partition coefficient (Wildman–Crippen LogP) is 3.67. The summed E-state index contributed by atoms with van der Waals surface area (Å²) in [4.78, 5) is 28.0. The van der Waals surface area contributed by atoms with Crippen LogP contribution in [0.5, 0.6) is 0 Å². The van der Waals surface area contributed by atoms with E-state index in [0.717, 1.165) is 15.7 Å². The first kappa shape index (κ1) is 17.6. The first-order valence-electron chi connectivity index (χ1n) is 7.16. The quantitative estimate of drug-likeness (QED) is 0.810. The Hall–Kier alpha value is -1.73. The number of anilines is 1. The van der Waals surface area contributed by atoms with Gasteiger partial charge in [-0.25, -0.2) is 4.98 Å². The standard InChI is InChI=1S/C16H18BrN3O2S/c1-9(2)14(18-10(3)21)15(22)20-16-19-13(8-23-16)11-4-6-12(17)7-5-11/h4-9,14H,1-3H3,(H,18,21)(H,19,20,22). The third-order valence-corrected chi connectivity index (χ3v) is 4.47. The first-order valence-corrected chi connectivity index (χ1v) is 8.83. The van der Waals surface area contributed by atoms with Crippen molar-refractivity contribution in [3.8, 4) is 11.3 Å². The molecule has 0 radical (unpaired) electrons. The first-order chi connectivity index (χ1) is 10.9. The lowest BCUT2D eigenvalue weighted by Crippen LogP contribution is -2.46. The summed E-state index contributed by atoms with van der Waals surface area (Å²) >= 11 is 4.75. The lowest BCUT2D eigenvalue weighted by atomic mass is 10.0. The van der Waals surface area contributed by atoms with Crippen LogP contribution in [-0.2, 0) is 9.59 Å². The number of carbonyl (C=O) groups is 2. The molecule has 1 atom stereocenters. The zero-order valence-electron chi connectivity index (χ0n) is 13.1. The Balaban J connectivity index is 2.10. The molecular weight excluding hydrogens is 378 g/mol. The molecule has 2 amide bonds. The normalized spacial score (nSPS) is 12.0. The van der Waals surface area contributed by atoms with E-state index >= 15 is 0 Å². The van der Waals surface area contributed by atoms with Crippen molar-refractivity contribution in [3.63, 3.8) is 0 Å². The van der Waals surface area contributed by atoms with Crippen molar-refractivity contribution in [1.82, 2.24) is 10.3 Å². The third-order valence-electron chi connectivity index (χ3n) is 3.18. The molecule has 1 unspecified atom stereocenters. The van der Waals surface area contributed by atoms with Crippen LogP contribution in [0.3, 0.4) is 0 Å². The summed E-state index contributed by atoms with van der Waals surface area (Å²) in [6.45, 7) is 5.17. The lowest BCUT2D eigenvalue weighted by Gasteiger charge is -2.20. The van der Waals surface area contributed by atoms with E-state index in [1.807, 2.05) is 43.5 Å². The van der Waals surface area contributed by atoms with Gasteiger partial charge in [0.25, 0.3) is 0 Å². The van der Waals surface area contributed by atoms with Crippen molar-refractivity contribution in [3.05, 3.63) is 34.1 Å². The summed E-state index contributed by atoms with van der Waals surface area (Å²) in [5.41, 5.74) is 1.78. The third kappa shape index (κ3) is 4.87. The Labute approximate surface area is 147 Å². The molecule has 1 aromatic carbocycles. The van der Waals surface area contributed by atoms with Crippen molar-refractivity contribution < 1.29 is 9.59 Å². The molecule has 0 fully saturated rings. The number of thiazole rings is 1. The predicted molar refractivity (Wildman–Crippen MR) is 96.3 cm³/mol. The van der Waals surface area contributed by atoms with Gasteiger partial charge in [-0.2, -0.15) is 0 Å². The number of halogens is 1. The van der Waals surface area contributed by atoms with Crippen LogP contribution in [0.2, 0.25) is 0 Å². The molecule has 23 heavy (non-hydrogen) atoms. The summed E-state index contributed by atoms with van der Waals surface area (Å²) in [5, 5.41) is 7.85. The minimum absolute atomic E-state index is 0.00944. The van der Waals surface area contributed by atoms with E-state index in [4.69, 9.17) is 0 Å². The monoisotopic (exact) mass is 395 g/mol. The highest BCUT2D eigenvalue weighted by Gasteiger charge is 2.23. The van der Waals surface area contributed by atoms with E-state index in [-0.39, 0.29) is 17.7 Å². The van der Waals surface area contributed by atoms with Crippen LogP contribution in [0.25, 0.3) is 11.3 Å². The molecule has 0 aliphatic heterocycles. The molecule has 0 spiro atoms. The molecule has 5 nitrogen and oxygen atoms in total.